The minimum Gasteiger partial charge on any atom is -0.449 e. The number of carbonyl (C=O) groups excluding carboxylic acids is 2. The van der Waals surface area contributed by atoms with Crippen LogP contribution >= 0.6 is 0 Å². The Bertz CT molecular complexity index is 291. The van der Waals surface area contributed by atoms with Gasteiger partial charge in [0.05, 0.1) is 0 Å². The zero-order chi connectivity index (χ0) is 15.3. The maximum Gasteiger partial charge on any atom is 0.407 e. The predicted octanol–water partition coefficient (Wildman–Crippen LogP) is 2.45. The molecule has 1 aliphatic carbocycles. The highest BCUT2D eigenvalue weighted by molar-refractivity contribution is 5.67. The normalized spacial score (nSPS) is 18.1. The molecule has 0 unspecified atom stereocenters. The first kappa shape index (κ1) is 17.8. The first-order chi connectivity index (χ1) is 10.2. The Morgan fingerprint density at radius 3 is 2.52 bits per heavy atom. The van der Waals surface area contributed by atoms with E-state index in [4.69, 9.17) is 10.5 Å². The fourth-order valence-corrected chi connectivity index (χ4v) is 2.53. The highest BCUT2D eigenvalue weighted by Crippen LogP contribution is 2.19. The van der Waals surface area contributed by atoms with E-state index in [1.807, 2.05) is 0 Å². The minimum absolute atomic E-state index is 0.0692. The summed E-state index contributed by atoms with van der Waals surface area (Å²) in [5.41, 5.74) is 5.51. The minimum atomic E-state index is -0.552. The van der Waals surface area contributed by atoms with Gasteiger partial charge in [0.1, 0.15) is 6.10 Å². The molecule has 1 atom stereocenters. The lowest BCUT2D eigenvalue weighted by Crippen LogP contribution is -2.30. The molecular weight excluding hydrogens is 272 g/mol. The van der Waals surface area contributed by atoms with Gasteiger partial charge in [0.2, 0.25) is 0 Å². The van der Waals surface area contributed by atoms with E-state index in [2.05, 4.69) is 10.1 Å². The van der Waals surface area contributed by atoms with Crippen LogP contribution in [0.2, 0.25) is 0 Å². The van der Waals surface area contributed by atoms with E-state index in [1.165, 1.54) is 19.3 Å². The van der Waals surface area contributed by atoms with Crippen LogP contribution in [0.4, 0.5) is 4.79 Å². The van der Waals surface area contributed by atoms with E-state index in [0.717, 1.165) is 38.5 Å². The molecule has 6 heteroatoms. The fraction of sp³-hybridized carbons (Fsp3) is 0.867. The highest BCUT2D eigenvalue weighted by Gasteiger charge is 2.15. The largest absolute Gasteiger partial charge is 0.449 e. The lowest BCUT2D eigenvalue weighted by Gasteiger charge is -2.20. The molecule has 0 saturated heterocycles. The van der Waals surface area contributed by atoms with E-state index in [-0.39, 0.29) is 12.2 Å². The second kappa shape index (κ2) is 11.4. The average Bonchev–Trinajstić information content (AvgIpc) is 2.41. The van der Waals surface area contributed by atoms with Crippen molar-refractivity contribution in [3.05, 3.63) is 0 Å². The molecule has 0 spiro atoms. The topological polar surface area (TPSA) is 90.7 Å². The second-order valence-electron chi connectivity index (χ2n) is 5.57. The molecule has 1 aliphatic rings. The Morgan fingerprint density at radius 2 is 1.86 bits per heavy atom. The molecule has 1 amide bonds. The molecule has 0 aromatic carbocycles. The van der Waals surface area contributed by atoms with Crippen molar-refractivity contribution < 1.29 is 19.1 Å². The number of ether oxygens (including phenoxy) is 2. The smallest absolute Gasteiger partial charge is 0.407 e. The van der Waals surface area contributed by atoms with E-state index < -0.39 is 6.23 Å². The van der Waals surface area contributed by atoms with E-state index in [0.29, 0.717) is 19.4 Å². The van der Waals surface area contributed by atoms with Gasteiger partial charge in [-0.05, 0) is 44.9 Å². The van der Waals surface area contributed by atoms with E-state index in [1.54, 1.807) is 0 Å². The average molecular weight is 300 g/mol. The second-order valence-corrected chi connectivity index (χ2v) is 5.57. The van der Waals surface area contributed by atoms with Crippen LogP contribution in [0.25, 0.3) is 0 Å². The predicted molar refractivity (Wildman–Crippen MR) is 79.6 cm³/mol. The lowest BCUT2D eigenvalue weighted by molar-refractivity contribution is -0.133. The number of unbranched alkanes of at least 4 members (excludes halogenated alkanes) is 1. The van der Waals surface area contributed by atoms with Crippen molar-refractivity contribution >= 4 is 12.6 Å². The number of rotatable bonds is 8. The molecule has 1 rings (SSSR count). The summed E-state index contributed by atoms with van der Waals surface area (Å²) in [6, 6.07) is 0. The molecule has 0 bridgehead atoms. The van der Waals surface area contributed by atoms with Crippen LogP contribution in [0, 0.1) is 0 Å². The molecule has 1 saturated carbocycles. The SMILES string of the molecule is N[C@@H](CCCCNC(=O)OC1CCCCCCC1)OC=O. The summed E-state index contributed by atoms with van der Waals surface area (Å²) in [4.78, 5) is 21.7. The van der Waals surface area contributed by atoms with Gasteiger partial charge in [0.15, 0.2) is 6.23 Å². The van der Waals surface area contributed by atoms with Gasteiger partial charge in [-0.15, -0.1) is 0 Å². The lowest BCUT2D eigenvalue weighted by atomic mass is 9.99. The Hall–Kier alpha value is -1.30. The van der Waals surface area contributed by atoms with Crippen LogP contribution in [-0.2, 0) is 14.3 Å². The number of amides is 1. The Balaban J connectivity index is 2.03. The van der Waals surface area contributed by atoms with Crippen molar-refractivity contribution in [1.29, 1.82) is 0 Å². The van der Waals surface area contributed by atoms with Gasteiger partial charge in [-0.2, -0.15) is 0 Å². The summed E-state index contributed by atoms with van der Waals surface area (Å²) in [5, 5.41) is 2.76. The number of nitrogens with two attached hydrogens (primary N) is 1. The van der Waals surface area contributed by atoms with E-state index in [9.17, 15) is 9.59 Å². The van der Waals surface area contributed by atoms with Gasteiger partial charge >= 0.3 is 6.09 Å². The fourth-order valence-electron chi connectivity index (χ4n) is 2.53. The Kier molecular flexibility index (Phi) is 9.61. The number of alkyl carbamates (subject to hydrolysis) is 1. The molecule has 6 nitrogen and oxygen atoms in total. The van der Waals surface area contributed by atoms with Gasteiger partial charge in [0, 0.05) is 6.54 Å². The van der Waals surface area contributed by atoms with Crippen molar-refractivity contribution in [1.82, 2.24) is 5.32 Å². The van der Waals surface area contributed by atoms with Crippen LogP contribution in [-0.4, -0.2) is 31.4 Å². The molecule has 0 aliphatic heterocycles. The first-order valence-electron chi connectivity index (χ1n) is 8.01. The molecule has 122 valence electrons. The summed E-state index contributed by atoms with van der Waals surface area (Å²) < 4.78 is 10.0. The number of carbonyl (C=O) groups is 2. The molecule has 0 radical (unpaired) electrons. The third-order valence-corrected chi connectivity index (χ3v) is 3.74. The zero-order valence-electron chi connectivity index (χ0n) is 12.7. The van der Waals surface area contributed by atoms with Crippen molar-refractivity contribution in [2.45, 2.75) is 76.5 Å². The first-order valence-corrected chi connectivity index (χ1v) is 8.01. The van der Waals surface area contributed by atoms with Crippen LogP contribution < -0.4 is 11.1 Å². The Labute approximate surface area is 126 Å². The number of hydrogen-bond donors (Lipinski definition) is 2. The maximum absolute atomic E-state index is 11.7. The standard InChI is InChI=1S/C15H28N2O4/c16-14(20-12-18)10-6-7-11-17-15(19)21-13-8-4-2-1-3-5-9-13/h12-14H,1-11,16H2,(H,17,19)/t14-/m1/s1. The summed E-state index contributed by atoms with van der Waals surface area (Å²) >= 11 is 0. The summed E-state index contributed by atoms with van der Waals surface area (Å²) in [6.45, 7) is 0.911. The molecular formula is C15H28N2O4. The van der Waals surface area contributed by atoms with Crippen molar-refractivity contribution in [3.63, 3.8) is 0 Å². The quantitative estimate of drug-likeness (QED) is 0.408. The van der Waals surface area contributed by atoms with Crippen LogP contribution in [0.1, 0.15) is 64.2 Å². The monoisotopic (exact) mass is 300 g/mol. The highest BCUT2D eigenvalue weighted by atomic mass is 16.6. The third-order valence-electron chi connectivity index (χ3n) is 3.74. The van der Waals surface area contributed by atoms with Gasteiger partial charge in [-0.25, -0.2) is 4.79 Å². The molecule has 0 heterocycles. The van der Waals surface area contributed by atoms with Crippen molar-refractivity contribution in [2.24, 2.45) is 5.73 Å². The molecule has 0 aromatic heterocycles. The maximum atomic E-state index is 11.7. The van der Waals surface area contributed by atoms with Crippen molar-refractivity contribution in [3.8, 4) is 0 Å². The zero-order valence-corrected chi connectivity index (χ0v) is 12.7. The van der Waals surface area contributed by atoms with Crippen molar-refractivity contribution in [2.75, 3.05) is 6.54 Å². The molecule has 3 N–H and O–H groups in total. The summed E-state index contributed by atoms with van der Waals surface area (Å²) in [5.74, 6) is 0. The summed E-state index contributed by atoms with van der Waals surface area (Å²) in [7, 11) is 0. The molecule has 1 fully saturated rings. The van der Waals surface area contributed by atoms with Crippen LogP contribution in [0.5, 0.6) is 0 Å². The van der Waals surface area contributed by atoms with Gasteiger partial charge in [-0.3, -0.25) is 10.5 Å². The van der Waals surface area contributed by atoms with Gasteiger partial charge in [0.25, 0.3) is 6.47 Å². The number of hydrogen-bond acceptors (Lipinski definition) is 5. The Morgan fingerprint density at radius 1 is 1.19 bits per heavy atom. The molecule has 0 aromatic rings. The van der Waals surface area contributed by atoms with Crippen LogP contribution in [0.3, 0.4) is 0 Å². The van der Waals surface area contributed by atoms with Gasteiger partial charge in [-0.1, -0.05) is 19.3 Å². The van der Waals surface area contributed by atoms with E-state index >= 15 is 0 Å². The third kappa shape index (κ3) is 9.28. The van der Waals surface area contributed by atoms with Crippen LogP contribution in [0.15, 0.2) is 0 Å². The van der Waals surface area contributed by atoms with Gasteiger partial charge < -0.3 is 14.8 Å². The number of nitrogens with one attached hydrogen (secondary N) is 1. The summed E-state index contributed by atoms with van der Waals surface area (Å²) in [6.07, 6.45) is 9.39. The molecule has 21 heavy (non-hydrogen) atoms.